The second kappa shape index (κ2) is 3.13. The van der Waals surface area contributed by atoms with Crippen molar-refractivity contribution < 1.29 is 4.79 Å². The predicted molar refractivity (Wildman–Crippen MR) is 51.3 cm³/mol. The number of hydrogen-bond acceptors (Lipinski definition) is 2. The molecule has 0 heterocycles. The van der Waals surface area contributed by atoms with Crippen LogP contribution in [0.3, 0.4) is 0 Å². The Bertz CT molecular complexity index is 239. The maximum Gasteiger partial charge on any atom is 0.243 e. The van der Waals surface area contributed by atoms with E-state index in [-0.39, 0.29) is 17.2 Å². The van der Waals surface area contributed by atoms with E-state index in [0.717, 1.165) is 12.8 Å². The molecule has 3 heteroatoms. The summed E-state index contributed by atoms with van der Waals surface area (Å²) in [5, 5.41) is 4.00. The van der Waals surface area contributed by atoms with Crippen LogP contribution in [0.4, 0.5) is 0 Å². The maximum atomic E-state index is 11.2. The average Bonchev–Trinajstić information content (AvgIpc) is 2.83. The fourth-order valence-electron chi connectivity index (χ4n) is 1.55. The second-order valence-corrected chi connectivity index (χ2v) is 4.52. The van der Waals surface area contributed by atoms with Crippen molar-refractivity contribution in [3.63, 3.8) is 0 Å². The van der Waals surface area contributed by atoms with Crippen molar-refractivity contribution >= 4 is 12.1 Å². The van der Waals surface area contributed by atoms with Crippen LogP contribution >= 0.6 is 0 Å². The molecule has 0 aromatic carbocycles. The molecule has 0 aromatic rings. The van der Waals surface area contributed by atoms with Crippen LogP contribution in [-0.2, 0) is 4.79 Å². The highest BCUT2D eigenvalue weighted by Crippen LogP contribution is 2.38. The van der Waals surface area contributed by atoms with Crippen LogP contribution in [0.25, 0.3) is 0 Å². The van der Waals surface area contributed by atoms with Crippen LogP contribution in [0, 0.1) is 11.3 Å². The van der Waals surface area contributed by atoms with E-state index in [1.165, 1.54) is 19.3 Å². The van der Waals surface area contributed by atoms with Gasteiger partial charge in [-0.05, 0) is 25.7 Å². The van der Waals surface area contributed by atoms with Gasteiger partial charge >= 0.3 is 0 Å². The standard InChI is InChI=1S/C10H16N2O/c1-10(5-2-6-10)7-11-12-9(13)8-3-4-8/h7-8H,2-6H2,1H3,(H,12,13)/b11-7+. The van der Waals surface area contributed by atoms with Crippen LogP contribution < -0.4 is 5.43 Å². The summed E-state index contributed by atoms with van der Waals surface area (Å²) in [6.07, 6.45) is 7.68. The molecule has 0 unspecified atom stereocenters. The Morgan fingerprint density at radius 1 is 1.54 bits per heavy atom. The van der Waals surface area contributed by atoms with E-state index in [1.54, 1.807) is 0 Å². The minimum atomic E-state index is 0.0965. The van der Waals surface area contributed by atoms with E-state index in [1.807, 2.05) is 6.21 Å². The molecule has 0 saturated heterocycles. The minimum absolute atomic E-state index is 0.0965. The third kappa shape index (κ3) is 2.08. The molecule has 0 radical (unpaired) electrons. The second-order valence-electron chi connectivity index (χ2n) is 4.52. The van der Waals surface area contributed by atoms with Gasteiger partial charge in [0.05, 0.1) is 0 Å². The highest BCUT2D eigenvalue weighted by molar-refractivity contribution is 5.81. The summed E-state index contributed by atoms with van der Waals surface area (Å²) in [6.45, 7) is 2.18. The van der Waals surface area contributed by atoms with Crippen molar-refractivity contribution in [1.29, 1.82) is 0 Å². The highest BCUT2D eigenvalue weighted by atomic mass is 16.2. The number of carbonyl (C=O) groups is 1. The van der Waals surface area contributed by atoms with Gasteiger partial charge in [-0.3, -0.25) is 4.79 Å². The van der Waals surface area contributed by atoms with E-state index >= 15 is 0 Å². The van der Waals surface area contributed by atoms with Gasteiger partial charge in [0.15, 0.2) is 0 Å². The molecule has 1 amide bonds. The fourth-order valence-corrected chi connectivity index (χ4v) is 1.55. The van der Waals surface area contributed by atoms with Gasteiger partial charge in [0, 0.05) is 17.5 Å². The van der Waals surface area contributed by atoms with Gasteiger partial charge < -0.3 is 0 Å². The quantitative estimate of drug-likeness (QED) is 0.521. The molecule has 2 aliphatic rings. The Hall–Kier alpha value is -0.860. The van der Waals surface area contributed by atoms with Gasteiger partial charge in [-0.1, -0.05) is 13.3 Å². The molecular weight excluding hydrogens is 164 g/mol. The Kier molecular flexibility index (Phi) is 2.10. The van der Waals surface area contributed by atoms with E-state index < -0.39 is 0 Å². The lowest BCUT2D eigenvalue weighted by molar-refractivity contribution is -0.122. The number of nitrogens with one attached hydrogen (secondary N) is 1. The van der Waals surface area contributed by atoms with E-state index in [9.17, 15) is 4.79 Å². The van der Waals surface area contributed by atoms with Gasteiger partial charge in [-0.15, -0.1) is 0 Å². The number of amides is 1. The lowest BCUT2D eigenvalue weighted by Gasteiger charge is -2.33. The topological polar surface area (TPSA) is 41.5 Å². The van der Waals surface area contributed by atoms with Crippen LogP contribution in [0.5, 0.6) is 0 Å². The summed E-state index contributed by atoms with van der Waals surface area (Å²) in [6, 6.07) is 0. The number of nitrogens with zero attached hydrogens (tertiary/aromatic N) is 1. The summed E-state index contributed by atoms with van der Waals surface area (Å²) >= 11 is 0. The molecular formula is C10H16N2O. The molecule has 2 aliphatic carbocycles. The third-order valence-electron chi connectivity index (χ3n) is 2.99. The Balaban J connectivity index is 1.74. The minimum Gasteiger partial charge on any atom is -0.273 e. The van der Waals surface area contributed by atoms with Crippen molar-refractivity contribution in [2.45, 2.75) is 39.0 Å². The Morgan fingerprint density at radius 3 is 2.69 bits per heavy atom. The zero-order valence-electron chi connectivity index (χ0n) is 8.05. The molecule has 0 spiro atoms. The summed E-state index contributed by atoms with van der Waals surface area (Å²) in [7, 11) is 0. The van der Waals surface area contributed by atoms with E-state index in [2.05, 4.69) is 17.5 Å². The molecule has 0 atom stereocenters. The van der Waals surface area contributed by atoms with Gasteiger partial charge in [0.1, 0.15) is 0 Å². The largest absolute Gasteiger partial charge is 0.273 e. The molecule has 0 aliphatic heterocycles. The predicted octanol–water partition coefficient (Wildman–Crippen LogP) is 1.69. The van der Waals surface area contributed by atoms with Crippen LogP contribution in [0.15, 0.2) is 5.10 Å². The summed E-state index contributed by atoms with van der Waals surface area (Å²) in [5.74, 6) is 0.352. The first-order chi connectivity index (χ1) is 6.20. The van der Waals surface area contributed by atoms with Gasteiger partial charge in [-0.25, -0.2) is 5.43 Å². The zero-order chi connectivity index (χ0) is 9.31. The van der Waals surface area contributed by atoms with E-state index in [4.69, 9.17) is 0 Å². The fraction of sp³-hybridized carbons (Fsp3) is 0.800. The molecule has 2 fully saturated rings. The average molecular weight is 180 g/mol. The Morgan fingerprint density at radius 2 is 2.23 bits per heavy atom. The lowest BCUT2D eigenvalue weighted by Crippen LogP contribution is -2.29. The van der Waals surface area contributed by atoms with Crippen LogP contribution in [0.1, 0.15) is 39.0 Å². The number of carbonyl (C=O) groups excluding carboxylic acids is 1. The van der Waals surface area contributed by atoms with Crippen LogP contribution in [0.2, 0.25) is 0 Å². The molecule has 72 valence electrons. The monoisotopic (exact) mass is 180 g/mol. The molecule has 2 rings (SSSR count). The molecule has 0 bridgehead atoms. The molecule has 0 aromatic heterocycles. The van der Waals surface area contributed by atoms with Gasteiger partial charge in [0.2, 0.25) is 5.91 Å². The van der Waals surface area contributed by atoms with E-state index in [0.29, 0.717) is 0 Å². The molecule has 2 saturated carbocycles. The van der Waals surface area contributed by atoms with Crippen molar-refractivity contribution in [2.75, 3.05) is 0 Å². The lowest BCUT2D eigenvalue weighted by atomic mass is 9.72. The number of hydrogen-bond donors (Lipinski definition) is 1. The molecule has 13 heavy (non-hydrogen) atoms. The number of hydrazone groups is 1. The summed E-state index contributed by atoms with van der Waals surface area (Å²) in [5.41, 5.74) is 2.86. The first kappa shape index (κ1) is 8.73. The van der Waals surface area contributed by atoms with Gasteiger partial charge in [-0.2, -0.15) is 5.10 Å². The first-order valence-electron chi connectivity index (χ1n) is 5.04. The van der Waals surface area contributed by atoms with Crippen molar-refractivity contribution in [1.82, 2.24) is 5.43 Å². The summed E-state index contributed by atoms with van der Waals surface area (Å²) in [4.78, 5) is 11.2. The smallest absolute Gasteiger partial charge is 0.243 e. The first-order valence-corrected chi connectivity index (χ1v) is 5.04. The van der Waals surface area contributed by atoms with Gasteiger partial charge in [0.25, 0.3) is 0 Å². The maximum absolute atomic E-state index is 11.2. The zero-order valence-corrected chi connectivity index (χ0v) is 8.05. The van der Waals surface area contributed by atoms with Crippen molar-refractivity contribution in [2.24, 2.45) is 16.4 Å². The molecule has 3 nitrogen and oxygen atoms in total. The van der Waals surface area contributed by atoms with Crippen molar-refractivity contribution in [3.8, 4) is 0 Å². The number of rotatable bonds is 3. The Labute approximate surface area is 78.6 Å². The normalized spacial score (nSPS) is 25.6. The SMILES string of the molecule is CC1(/C=N/NC(=O)C2CC2)CCC1. The summed E-state index contributed by atoms with van der Waals surface area (Å²) < 4.78 is 0. The van der Waals surface area contributed by atoms with Crippen LogP contribution in [-0.4, -0.2) is 12.1 Å². The van der Waals surface area contributed by atoms with Crippen molar-refractivity contribution in [3.05, 3.63) is 0 Å². The molecule has 1 N–H and O–H groups in total. The highest BCUT2D eigenvalue weighted by Gasteiger charge is 2.31. The third-order valence-corrected chi connectivity index (χ3v) is 2.99.